The third kappa shape index (κ3) is 5.49. The third-order valence-corrected chi connectivity index (χ3v) is 3.61. The van der Waals surface area contributed by atoms with Crippen molar-refractivity contribution in [2.75, 3.05) is 23.9 Å². The highest BCUT2D eigenvalue weighted by molar-refractivity contribution is 6.02. The fourth-order valence-electron chi connectivity index (χ4n) is 2.15. The molecule has 0 unspecified atom stereocenters. The van der Waals surface area contributed by atoms with Crippen molar-refractivity contribution in [2.45, 2.75) is 13.8 Å². The minimum atomic E-state index is -0.221. The first kappa shape index (κ1) is 18.3. The molecule has 0 aliphatic carbocycles. The lowest BCUT2D eigenvalue weighted by Gasteiger charge is -2.15. The van der Waals surface area contributed by atoms with Crippen LogP contribution in [0.15, 0.2) is 54.6 Å². The molecule has 0 aromatic heterocycles. The van der Waals surface area contributed by atoms with Crippen molar-refractivity contribution in [3.05, 3.63) is 60.2 Å². The molecule has 5 heteroatoms. The first-order valence-electron chi connectivity index (χ1n) is 8.06. The van der Waals surface area contributed by atoms with Gasteiger partial charge in [-0.25, -0.2) is 0 Å². The maximum absolute atomic E-state index is 12.0. The molecule has 1 N–H and O–H groups in total. The van der Waals surface area contributed by atoms with E-state index in [1.807, 2.05) is 31.2 Å². The van der Waals surface area contributed by atoms with E-state index < -0.39 is 0 Å². The van der Waals surface area contributed by atoms with Crippen LogP contribution in [-0.4, -0.2) is 25.5 Å². The van der Waals surface area contributed by atoms with Crippen LogP contribution in [0.25, 0.3) is 6.08 Å². The van der Waals surface area contributed by atoms with Crippen LogP contribution in [0.4, 0.5) is 11.4 Å². The Balaban J connectivity index is 1.94. The zero-order valence-corrected chi connectivity index (χ0v) is 14.7. The van der Waals surface area contributed by atoms with Gasteiger partial charge in [-0.05, 0) is 55.0 Å². The first-order chi connectivity index (χ1) is 12.0. The van der Waals surface area contributed by atoms with E-state index in [1.54, 1.807) is 37.4 Å². The minimum Gasteiger partial charge on any atom is -0.494 e. The number of anilines is 2. The normalized spacial score (nSPS) is 10.5. The molecule has 0 aliphatic heterocycles. The van der Waals surface area contributed by atoms with Crippen LogP contribution in [-0.2, 0) is 9.59 Å². The lowest BCUT2D eigenvalue weighted by atomic mass is 10.2. The standard InChI is InChI=1S/C20H22N2O3/c1-4-25-19-12-5-16(6-13-19)7-14-20(24)21-17-8-10-18(11-9-17)22(3)15(2)23/h5-14H,4H2,1-3H3,(H,21,24)/b14-7+. The largest absolute Gasteiger partial charge is 0.494 e. The van der Waals surface area contributed by atoms with Gasteiger partial charge in [-0.15, -0.1) is 0 Å². The van der Waals surface area contributed by atoms with Gasteiger partial charge in [0.2, 0.25) is 11.8 Å². The summed E-state index contributed by atoms with van der Waals surface area (Å²) in [6.07, 6.45) is 3.22. The number of hydrogen-bond donors (Lipinski definition) is 1. The molecular weight excluding hydrogens is 316 g/mol. The number of benzene rings is 2. The number of rotatable bonds is 6. The number of nitrogens with zero attached hydrogens (tertiary/aromatic N) is 1. The van der Waals surface area contributed by atoms with Crippen LogP contribution in [0.5, 0.6) is 5.75 Å². The monoisotopic (exact) mass is 338 g/mol. The molecule has 0 atom stereocenters. The zero-order valence-electron chi connectivity index (χ0n) is 14.7. The zero-order chi connectivity index (χ0) is 18.2. The van der Waals surface area contributed by atoms with Gasteiger partial charge < -0.3 is 15.0 Å². The molecule has 0 fully saturated rings. The molecule has 0 spiro atoms. The molecule has 2 aromatic rings. The average molecular weight is 338 g/mol. The van der Waals surface area contributed by atoms with E-state index in [1.165, 1.54) is 17.9 Å². The van der Waals surface area contributed by atoms with E-state index in [9.17, 15) is 9.59 Å². The Morgan fingerprint density at radius 1 is 1.08 bits per heavy atom. The predicted octanol–water partition coefficient (Wildman–Crippen LogP) is 3.72. The van der Waals surface area contributed by atoms with E-state index in [0.29, 0.717) is 12.3 Å². The molecule has 0 saturated carbocycles. The Kier molecular flexibility index (Phi) is 6.34. The Morgan fingerprint density at radius 2 is 1.72 bits per heavy atom. The summed E-state index contributed by atoms with van der Waals surface area (Å²) in [7, 11) is 1.70. The van der Waals surface area contributed by atoms with Gasteiger partial charge >= 0.3 is 0 Å². The van der Waals surface area contributed by atoms with Gasteiger partial charge in [-0.3, -0.25) is 9.59 Å². The number of carbonyl (C=O) groups excluding carboxylic acids is 2. The summed E-state index contributed by atoms with van der Waals surface area (Å²) in [6, 6.07) is 14.6. The summed E-state index contributed by atoms with van der Waals surface area (Å²) in [6.45, 7) is 4.06. The van der Waals surface area contributed by atoms with E-state index in [0.717, 1.165) is 17.0 Å². The van der Waals surface area contributed by atoms with Crippen molar-refractivity contribution in [1.82, 2.24) is 0 Å². The van der Waals surface area contributed by atoms with Crippen molar-refractivity contribution in [3.63, 3.8) is 0 Å². The molecule has 130 valence electrons. The lowest BCUT2D eigenvalue weighted by molar-refractivity contribution is -0.116. The number of ether oxygens (including phenoxy) is 1. The third-order valence-electron chi connectivity index (χ3n) is 3.61. The molecule has 25 heavy (non-hydrogen) atoms. The van der Waals surface area contributed by atoms with Gasteiger partial charge in [-0.2, -0.15) is 0 Å². The van der Waals surface area contributed by atoms with Gasteiger partial charge in [0, 0.05) is 31.4 Å². The van der Waals surface area contributed by atoms with Gasteiger partial charge in [0.1, 0.15) is 5.75 Å². The van der Waals surface area contributed by atoms with Crippen LogP contribution in [0.3, 0.4) is 0 Å². The summed E-state index contributed by atoms with van der Waals surface area (Å²) < 4.78 is 5.38. The van der Waals surface area contributed by atoms with E-state index >= 15 is 0 Å². The van der Waals surface area contributed by atoms with E-state index in [4.69, 9.17) is 4.74 Å². The smallest absolute Gasteiger partial charge is 0.248 e. The van der Waals surface area contributed by atoms with Crippen LogP contribution in [0.2, 0.25) is 0 Å². The van der Waals surface area contributed by atoms with Gasteiger partial charge in [0.15, 0.2) is 0 Å². The summed E-state index contributed by atoms with van der Waals surface area (Å²) >= 11 is 0. The first-order valence-corrected chi connectivity index (χ1v) is 8.06. The van der Waals surface area contributed by atoms with E-state index in [-0.39, 0.29) is 11.8 Å². The van der Waals surface area contributed by atoms with Gasteiger partial charge in [0.25, 0.3) is 0 Å². The topological polar surface area (TPSA) is 58.6 Å². The maximum Gasteiger partial charge on any atom is 0.248 e. The second kappa shape index (κ2) is 8.68. The average Bonchev–Trinajstić information content (AvgIpc) is 2.61. The minimum absolute atomic E-state index is 0.0462. The fraction of sp³-hybridized carbons (Fsp3) is 0.200. The number of hydrogen-bond acceptors (Lipinski definition) is 3. The van der Waals surface area contributed by atoms with Crippen LogP contribution in [0.1, 0.15) is 19.4 Å². The Labute approximate surface area is 147 Å². The molecule has 2 amide bonds. The number of nitrogens with one attached hydrogen (secondary N) is 1. The molecule has 0 saturated heterocycles. The maximum atomic E-state index is 12.0. The van der Waals surface area contributed by atoms with Crippen LogP contribution in [0, 0.1) is 0 Å². The Bertz CT molecular complexity index is 750. The molecule has 0 bridgehead atoms. The molecule has 0 radical (unpaired) electrons. The second-order valence-corrected chi connectivity index (χ2v) is 5.45. The van der Waals surface area contributed by atoms with Crippen molar-refractivity contribution < 1.29 is 14.3 Å². The predicted molar refractivity (Wildman–Crippen MR) is 101 cm³/mol. The molecule has 2 aromatic carbocycles. The van der Waals surface area contributed by atoms with Crippen LogP contribution < -0.4 is 15.0 Å². The molecule has 0 heterocycles. The SMILES string of the molecule is CCOc1ccc(/C=C/C(=O)Nc2ccc(N(C)C(C)=O)cc2)cc1. The Hall–Kier alpha value is -3.08. The molecule has 2 rings (SSSR count). The van der Waals surface area contributed by atoms with Crippen LogP contribution >= 0.6 is 0 Å². The van der Waals surface area contributed by atoms with Crippen molar-refractivity contribution >= 4 is 29.3 Å². The highest BCUT2D eigenvalue weighted by atomic mass is 16.5. The van der Waals surface area contributed by atoms with Crippen molar-refractivity contribution in [2.24, 2.45) is 0 Å². The van der Waals surface area contributed by atoms with Crippen molar-refractivity contribution in [3.8, 4) is 5.75 Å². The lowest BCUT2D eigenvalue weighted by Crippen LogP contribution is -2.22. The van der Waals surface area contributed by atoms with Crippen molar-refractivity contribution in [1.29, 1.82) is 0 Å². The summed E-state index contributed by atoms with van der Waals surface area (Å²) in [4.78, 5) is 24.9. The molecule has 0 aliphatic rings. The molecule has 5 nitrogen and oxygen atoms in total. The second-order valence-electron chi connectivity index (χ2n) is 5.45. The number of carbonyl (C=O) groups is 2. The molecular formula is C20H22N2O3. The van der Waals surface area contributed by atoms with Gasteiger partial charge in [0.05, 0.1) is 6.61 Å². The highest BCUT2D eigenvalue weighted by Gasteiger charge is 2.05. The van der Waals surface area contributed by atoms with E-state index in [2.05, 4.69) is 5.32 Å². The quantitative estimate of drug-likeness (QED) is 0.817. The van der Waals surface area contributed by atoms with Gasteiger partial charge in [-0.1, -0.05) is 12.1 Å². The highest BCUT2D eigenvalue weighted by Crippen LogP contribution is 2.17. The summed E-state index contributed by atoms with van der Waals surface area (Å²) in [5, 5.41) is 2.79. The fourth-order valence-corrected chi connectivity index (χ4v) is 2.15. The summed E-state index contributed by atoms with van der Waals surface area (Å²) in [5.41, 5.74) is 2.36. The number of amides is 2. The summed E-state index contributed by atoms with van der Waals surface area (Å²) in [5.74, 6) is 0.538. The Morgan fingerprint density at radius 3 is 2.28 bits per heavy atom.